The van der Waals surface area contributed by atoms with Crippen LogP contribution in [0.1, 0.15) is 287 Å². The smallest absolute Gasteiger partial charge is 0.110 e. The van der Waals surface area contributed by atoms with Gasteiger partial charge in [0.05, 0.1) is 55.4 Å². The molecule has 13 saturated carbocycles. The van der Waals surface area contributed by atoms with Crippen molar-refractivity contribution in [3.63, 3.8) is 0 Å². The molecule has 0 radical (unpaired) electrons. The molecule has 15 heteroatoms. The molecule has 0 amide bonds. The van der Waals surface area contributed by atoms with Gasteiger partial charge in [-0.1, -0.05) is 20.3 Å². The molecule has 13 aliphatic carbocycles. The second-order valence-electron chi connectivity index (χ2n) is 39.1. The number of hydrogen-bond acceptors (Lipinski definition) is 15. The van der Waals surface area contributed by atoms with Gasteiger partial charge in [0.15, 0.2) is 0 Å². The molecule has 0 aromatic heterocycles. The van der Waals surface area contributed by atoms with E-state index in [0.29, 0.717) is 48.5 Å². The molecule has 13 aliphatic heterocycles. The molecule has 626 valence electrons. The molecule has 26 aliphatic rings. The zero-order valence-electron chi connectivity index (χ0n) is 72.1. The predicted molar refractivity (Wildman–Crippen MR) is 441 cm³/mol. The number of fused-ring (bicyclic) bond motifs is 18. The third-order valence-electron chi connectivity index (χ3n) is 32.0. The van der Waals surface area contributed by atoms with Crippen molar-refractivity contribution < 1.29 is 42.6 Å². The lowest BCUT2D eigenvalue weighted by atomic mass is 9.54. The van der Waals surface area contributed by atoms with Crippen LogP contribution in [0.25, 0.3) is 0 Å². The molecule has 26 fully saturated rings. The number of likely N-dealkylation sites (tertiary alicyclic amines) is 3. The Morgan fingerprint density at radius 2 is 0.843 bits per heavy atom. The number of morpholine rings is 2. The Labute approximate surface area is 663 Å². The fraction of sp³-hybridized carbons (Fsp3) is 1.00. The highest BCUT2D eigenvalue weighted by atomic mass is 16.5. The van der Waals surface area contributed by atoms with E-state index < -0.39 is 0 Å². The largest absolute Gasteiger partial charge is 0.385 e. The van der Waals surface area contributed by atoms with Gasteiger partial charge in [0.25, 0.3) is 0 Å². The fourth-order valence-electron chi connectivity index (χ4n) is 27.1. The molecule has 11 unspecified atom stereocenters. The quantitative estimate of drug-likeness (QED) is 0.155. The Balaban J connectivity index is 0.000000112. The van der Waals surface area contributed by atoms with E-state index in [9.17, 15) is 0 Å². The highest BCUT2D eigenvalue weighted by molar-refractivity contribution is 5.04. The molecule has 0 aromatic rings. The van der Waals surface area contributed by atoms with E-state index in [0.717, 1.165) is 179 Å². The number of ether oxygens (including phenoxy) is 9. The van der Waals surface area contributed by atoms with Crippen molar-refractivity contribution in [1.29, 1.82) is 0 Å². The van der Waals surface area contributed by atoms with Crippen LogP contribution in [0, 0.1) is 82.9 Å². The van der Waals surface area contributed by atoms with Gasteiger partial charge in [-0.2, -0.15) is 0 Å². The van der Waals surface area contributed by atoms with Crippen LogP contribution in [-0.4, -0.2) is 254 Å². The maximum Gasteiger partial charge on any atom is 0.110 e. The molecule has 0 aromatic carbocycles. The summed E-state index contributed by atoms with van der Waals surface area (Å²) < 4.78 is 49.8. The zero-order chi connectivity index (χ0) is 75.5. The van der Waals surface area contributed by atoms with Gasteiger partial charge in [0.2, 0.25) is 0 Å². The normalized spacial score (nSPS) is 44.3. The summed E-state index contributed by atoms with van der Waals surface area (Å²) in [7, 11) is 6.14. The summed E-state index contributed by atoms with van der Waals surface area (Å²) in [5.41, 5.74) is 0.351. The molecular formula is C93H170N6O9. The molecule has 15 nitrogen and oxygen atoms in total. The first-order valence-corrected chi connectivity index (χ1v) is 47.5. The Morgan fingerprint density at radius 3 is 1.21 bits per heavy atom. The van der Waals surface area contributed by atoms with Crippen molar-refractivity contribution in [2.24, 2.45) is 82.9 Å². The topological polar surface area (TPSA) is 103 Å². The first-order valence-electron chi connectivity index (χ1n) is 47.5. The molecule has 0 spiro atoms. The lowest BCUT2D eigenvalue weighted by Crippen LogP contribution is -2.53. The highest BCUT2D eigenvalue weighted by Crippen LogP contribution is 2.57. The van der Waals surface area contributed by atoms with Crippen molar-refractivity contribution >= 4 is 0 Å². The Bertz CT molecular complexity index is 2300. The van der Waals surface area contributed by atoms with Crippen molar-refractivity contribution in [2.75, 3.05) is 146 Å². The van der Waals surface area contributed by atoms with E-state index in [1.807, 2.05) is 6.92 Å². The van der Waals surface area contributed by atoms with Crippen LogP contribution in [0.4, 0.5) is 0 Å². The standard InChI is InChI=1S/C12H20O.C11H21NO.C10H18O.C9H17NO.C9H15N.2C9H16O.C8H15N.C7H13NO.C6H11NO.C3H8O/c1-2-13-12-6-9-3-10(7-12)5-11(4-9)8-12;1-3-13-11-7-9-5-4-6-10(8-11)12(9)2;1-2-11-10-7-8-3-5-9(10)6-4-8;1-2-11-9-7-8-3-5-10(9)6-4-8;1-7-2-9-3-8(1)5-10(4-7)6-9;1-2-10-9-6-7-3-4-8(9)5-7;1-2-10-9-7-3-4-8(9)6-5-7;1-2-9-6-7-3-4-8(9)5-7;1-2-8-4-7-3-6(8)5-9-7;1-7-3-6-2-5(7)4-8-6;1-3-4-2/h9-11H,2-8H2,1H3;9-11H,3-8H2,1-2H3;8-10H,2-7H2,1H3;8-9H,2-7H2,1H3;7-9H,1-6H2;2*7-9H,2-6H2,1H3;7-8H,2-6H2,1H3;6-7H,2-5H2,1H3;5-6H,2-4H2,1H3;3H2,1-2H3/t;;;;;;;;;5-,6-;/m.........0./s1. The third-order valence-corrected chi connectivity index (χ3v) is 32.0. The van der Waals surface area contributed by atoms with Crippen molar-refractivity contribution in [3.05, 3.63) is 0 Å². The van der Waals surface area contributed by atoms with E-state index in [1.165, 1.54) is 264 Å². The van der Waals surface area contributed by atoms with Gasteiger partial charge in [-0.3, -0.25) is 14.7 Å². The average molecular weight is 1520 g/mol. The van der Waals surface area contributed by atoms with E-state index >= 15 is 0 Å². The Kier molecular flexibility index (Phi) is 35.1. The van der Waals surface area contributed by atoms with E-state index in [-0.39, 0.29) is 0 Å². The molecule has 108 heavy (non-hydrogen) atoms. The van der Waals surface area contributed by atoms with Gasteiger partial charge in [-0.25, -0.2) is 0 Å². The first-order chi connectivity index (χ1) is 52.7. The number of rotatable bonds is 15. The molecule has 13 saturated heterocycles. The molecule has 13 atom stereocenters. The Hall–Kier alpha value is -0.600. The van der Waals surface area contributed by atoms with Crippen molar-refractivity contribution in [2.45, 2.75) is 366 Å². The number of methoxy groups -OCH3 is 1. The van der Waals surface area contributed by atoms with Gasteiger partial charge < -0.3 is 57.3 Å². The maximum atomic E-state index is 6.04. The van der Waals surface area contributed by atoms with Gasteiger partial charge in [0, 0.05) is 136 Å². The third kappa shape index (κ3) is 24.1. The summed E-state index contributed by atoms with van der Waals surface area (Å²) in [6.45, 7) is 40.4. The summed E-state index contributed by atoms with van der Waals surface area (Å²) in [6.07, 6.45) is 54.1. The SMILES string of the molecule is C1C2CC3CC1CN(C2)C3.CCN1CC2CC1CO2.CCN1CC2CCC1C2.CCOC.CCOC12CC3CC(CC(C3)C1)C2.CCOC1C2CCC1CC2.CCOC1CC2CCC1C2.CCOC1CC2CCC1CC2.CCOC1CC2CCCC(C1)N2C.CCOC1CC2CCN1CC2.CN1C[C@@H]2C[C@H]1CO2. The summed E-state index contributed by atoms with van der Waals surface area (Å²) in [5, 5.41) is 0. The minimum Gasteiger partial charge on any atom is -0.385 e. The summed E-state index contributed by atoms with van der Waals surface area (Å²) in [5.74, 6) is 14.2. The first kappa shape index (κ1) is 86.7. The number of likely N-dealkylation sites (N-methyl/N-ethyl adjacent to an activating group) is 2. The lowest BCUT2D eigenvalue weighted by molar-refractivity contribution is -0.159. The van der Waals surface area contributed by atoms with E-state index in [2.05, 4.69) is 104 Å². The number of nitrogens with zero attached hydrogens (tertiary/aromatic N) is 6. The van der Waals surface area contributed by atoms with Crippen molar-refractivity contribution in [1.82, 2.24) is 29.4 Å². The minimum absolute atomic E-state index is 0.351. The lowest BCUT2D eigenvalue weighted by Gasteiger charge is -2.56. The van der Waals surface area contributed by atoms with Crippen LogP contribution in [0.15, 0.2) is 0 Å². The second-order valence-corrected chi connectivity index (χ2v) is 39.1. The number of piperidine rings is 9. The molecular weight excluding hydrogens is 1350 g/mol. The Morgan fingerprint density at radius 1 is 0.352 bits per heavy atom. The number of hydrogen-bond donors (Lipinski definition) is 0. The predicted octanol–water partition coefficient (Wildman–Crippen LogP) is 17.6. The van der Waals surface area contributed by atoms with E-state index in [4.69, 9.17) is 37.9 Å². The van der Waals surface area contributed by atoms with Crippen LogP contribution < -0.4 is 0 Å². The molecule has 13 heterocycles. The summed E-state index contributed by atoms with van der Waals surface area (Å²) in [4.78, 5) is 15.3. The van der Waals surface area contributed by atoms with Crippen LogP contribution in [0.2, 0.25) is 0 Å². The van der Waals surface area contributed by atoms with Crippen LogP contribution in [-0.2, 0) is 42.6 Å². The molecule has 26 rings (SSSR count). The van der Waals surface area contributed by atoms with Crippen LogP contribution in [0.5, 0.6) is 0 Å². The zero-order valence-corrected chi connectivity index (χ0v) is 72.1. The monoisotopic (exact) mass is 1520 g/mol. The summed E-state index contributed by atoms with van der Waals surface area (Å²) in [6, 6.07) is 4.12. The van der Waals surface area contributed by atoms with Gasteiger partial charge in [-0.05, 0) is 377 Å². The second kappa shape index (κ2) is 43.7. The van der Waals surface area contributed by atoms with E-state index in [1.54, 1.807) is 26.4 Å². The van der Waals surface area contributed by atoms with Gasteiger partial charge in [-0.15, -0.1) is 0 Å². The minimum atomic E-state index is 0.351. The maximum absolute atomic E-state index is 6.04. The van der Waals surface area contributed by atoms with Crippen molar-refractivity contribution in [3.8, 4) is 0 Å². The fourth-order valence-corrected chi connectivity index (χ4v) is 27.1. The van der Waals surface area contributed by atoms with Crippen LogP contribution >= 0.6 is 0 Å². The molecule has 0 N–H and O–H groups in total. The van der Waals surface area contributed by atoms with Crippen LogP contribution in [0.3, 0.4) is 0 Å². The van der Waals surface area contributed by atoms with Gasteiger partial charge in [0.1, 0.15) is 6.23 Å². The summed E-state index contributed by atoms with van der Waals surface area (Å²) >= 11 is 0. The average Bonchev–Trinajstić information content (AvgIpc) is 1.04. The van der Waals surface area contributed by atoms with Gasteiger partial charge >= 0.3 is 0 Å². The highest BCUT2D eigenvalue weighted by Gasteiger charge is 2.52. The molecule has 24 bridgehead atoms.